The van der Waals surface area contributed by atoms with E-state index >= 15 is 0 Å². The van der Waals surface area contributed by atoms with Gasteiger partial charge in [-0.05, 0) is 54.4 Å². The van der Waals surface area contributed by atoms with Gasteiger partial charge < -0.3 is 20.3 Å². The van der Waals surface area contributed by atoms with E-state index in [0.29, 0.717) is 11.7 Å². The standard InChI is InChI=1S/C25H23N7O2/c1-32-6-5-15-10-22(34-2)20(9-18(15)13-32)29-24-27-11-16-4-3-14(7-19(16)28-24)17-8-21-23(26-12-17)31-25(33)30-21/h3-4,7-12,23H,5-6,13H2,1-2H3,(H,31,33)(H,27,28,29). The number of carbonyl (C=O) groups excluding carboxylic acids is 1. The number of rotatable bonds is 4. The van der Waals surface area contributed by atoms with Crippen molar-refractivity contribution in [3.63, 3.8) is 0 Å². The number of nitrogens with zero attached hydrogens (tertiary/aromatic N) is 5. The van der Waals surface area contributed by atoms with E-state index in [1.165, 1.54) is 11.1 Å². The number of benzene rings is 2. The van der Waals surface area contributed by atoms with Crippen LogP contribution in [0.15, 0.2) is 52.6 Å². The van der Waals surface area contributed by atoms with Crippen LogP contribution >= 0.6 is 0 Å². The largest absolute Gasteiger partial charge is 0.495 e. The molecule has 3 aliphatic heterocycles. The number of methoxy groups -OCH3 is 1. The fraction of sp³-hybridized carbons (Fsp3) is 0.240. The number of hydrogen-bond acceptors (Lipinski definition) is 7. The topological polar surface area (TPSA) is 104 Å². The zero-order chi connectivity index (χ0) is 23.2. The van der Waals surface area contributed by atoms with E-state index in [2.05, 4.69) is 49.7 Å². The van der Waals surface area contributed by atoms with Crippen LogP contribution < -0.4 is 15.4 Å². The number of urea groups is 1. The zero-order valence-electron chi connectivity index (χ0n) is 18.9. The average molecular weight is 454 g/mol. The summed E-state index contributed by atoms with van der Waals surface area (Å²) >= 11 is 0. The molecule has 0 bridgehead atoms. The molecule has 1 aromatic heterocycles. The van der Waals surface area contributed by atoms with Gasteiger partial charge in [0, 0.05) is 36.5 Å². The Balaban J connectivity index is 1.32. The summed E-state index contributed by atoms with van der Waals surface area (Å²) in [5, 5.41) is 6.96. The molecular weight excluding hydrogens is 430 g/mol. The summed E-state index contributed by atoms with van der Waals surface area (Å²) in [6, 6.07) is 9.84. The first kappa shape index (κ1) is 20.5. The lowest BCUT2D eigenvalue weighted by Gasteiger charge is -2.26. The number of aliphatic imine (C=N–C) groups is 2. The highest BCUT2D eigenvalue weighted by Crippen LogP contribution is 2.33. The predicted molar refractivity (Wildman–Crippen MR) is 132 cm³/mol. The van der Waals surface area contributed by atoms with Crippen molar-refractivity contribution >= 4 is 46.1 Å². The molecule has 0 saturated heterocycles. The third kappa shape index (κ3) is 3.69. The van der Waals surface area contributed by atoms with E-state index in [-0.39, 0.29) is 12.2 Å². The van der Waals surface area contributed by atoms with Crippen LogP contribution in [0.5, 0.6) is 5.75 Å². The number of ether oxygens (including phenoxy) is 1. The summed E-state index contributed by atoms with van der Waals surface area (Å²) in [7, 11) is 3.81. The fourth-order valence-corrected chi connectivity index (χ4v) is 4.51. The Hall–Kier alpha value is -4.11. The molecule has 2 N–H and O–H groups in total. The summed E-state index contributed by atoms with van der Waals surface area (Å²) < 4.78 is 5.64. The number of amides is 2. The van der Waals surface area contributed by atoms with Gasteiger partial charge >= 0.3 is 6.03 Å². The van der Waals surface area contributed by atoms with Crippen molar-refractivity contribution in [3.8, 4) is 5.75 Å². The van der Waals surface area contributed by atoms with Gasteiger partial charge in [0.05, 0.1) is 24.0 Å². The molecule has 9 nitrogen and oxygen atoms in total. The Morgan fingerprint density at radius 3 is 3.00 bits per heavy atom. The van der Waals surface area contributed by atoms with Gasteiger partial charge in [-0.1, -0.05) is 12.1 Å². The van der Waals surface area contributed by atoms with Gasteiger partial charge in [-0.3, -0.25) is 4.99 Å². The molecule has 170 valence electrons. The lowest BCUT2D eigenvalue weighted by molar-refractivity contribution is 0.250. The predicted octanol–water partition coefficient (Wildman–Crippen LogP) is 3.33. The van der Waals surface area contributed by atoms with Crippen LogP contribution in [0.2, 0.25) is 0 Å². The van der Waals surface area contributed by atoms with E-state index < -0.39 is 0 Å². The third-order valence-electron chi connectivity index (χ3n) is 6.32. The second-order valence-electron chi connectivity index (χ2n) is 8.67. The molecule has 0 saturated carbocycles. The molecule has 6 rings (SSSR count). The summed E-state index contributed by atoms with van der Waals surface area (Å²) in [4.78, 5) is 31.5. The average Bonchev–Trinajstić information content (AvgIpc) is 3.22. The molecule has 4 heterocycles. The molecule has 0 spiro atoms. The van der Waals surface area contributed by atoms with Crippen molar-refractivity contribution in [3.05, 3.63) is 59.3 Å². The number of aromatic nitrogens is 2. The van der Waals surface area contributed by atoms with E-state index in [1.807, 2.05) is 24.3 Å². The van der Waals surface area contributed by atoms with Gasteiger partial charge in [-0.25, -0.2) is 14.8 Å². The van der Waals surface area contributed by atoms with Crippen molar-refractivity contribution in [2.24, 2.45) is 9.98 Å². The van der Waals surface area contributed by atoms with Gasteiger partial charge in [0.1, 0.15) is 5.75 Å². The van der Waals surface area contributed by atoms with E-state index in [0.717, 1.165) is 53.0 Å². The Bertz CT molecular complexity index is 1430. The molecule has 0 aliphatic carbocycles. The van der Waals surface area contributed by atoms with Crippen molar-refractivity contribution in [1.29, 1.82) is 0 Å². The Morgan fingerprint density at radius 2 is 2.12 bits per heavy atom. The molecule has 3 aromatic rings. The number of fused-ring (bicyclic) bond motifs is 3. The van der Waals surface area contributed by atoms with Crippen LogP contribution in [0.1, 0.15) is 16.7 Å². The lowest BCUT2D eigenvalue weighted by Crippen LogP contribution is -2.31. The number of carbonyl (C=O) groups is 1. The minimum Gasteiger partial charge on any atom is -0.495 e. The van der Waals surface area contributed by atoms with E-state index in [1.54, 1.807) is 19.5 Å². The molecule has 2 amide bonds. The maximum absolute atomic E-state index is 11.5. The zero-order valence-corrected chi connectivity index (χ0v) is 18.9. The number of dihydropyridines is 1. The van der Waals surface area contributed by atoms with Crippen molar-refractivity contribution in [2.75, 3.05) is 26.0 Å². The molecule has 1 unspecified atom stereocenters. The molecular formula is C25H23N7O2. The van der Waals surface area contributed by atoms with Crippen LogP contribution in [-0.2, 0) is 13.0 Å². The molecule has 2 aromatic carbocycles. The fourth-order valence-electron chi connectivity index (χ4n) is 4.51. The van der Waals surface area contributed by atoms with Crippen molar-refractivity contribution < 1.29 is 9.53 Å². The second-order valence-corrected chi connectivity index (χ2v) is 8.67. The van der Waals surface area contributed by atoms with Crippen LogP contribution in [-0.4, -0.2) is 59.7 Å². The summed E-state index contributed by atoms with van der Waals surface area (Å²) in [5.41, 5.74) is 6.68. The monoisotopic (exact) mass is 453 g/mol. The molecule has 3 aliphatic rings. The third-order valence-corrected chi connectivity index (χ3v) is 6.32. The number of likely N-dealkylation sites (N-methyl/N-ethyl adjacent to an activating group) is 1. The molecule has 34 heavy (non-hydrogen) atoms. The van der Waals surface area contributed by atoms with Gasteiger partial charge in [-0.15, -0.1) is 0 Å². The highest BCUT2D eigenvalue weighted by Gasteiger charge is 2.26. The first-order valence-electron chi connectivity index (χ1n) is 11.1. The van der Waals surface area contributed by atoms with Gasteiger partial charge in [-0.2, -0.15) is 4.99 Å². The highest BCUT2D eigenvalue weighted by molar-refractivity contribution is 6.25. The van der Waals surface area contributed by atoms with E-state index in [9.17, 15) is 4.79 Å². The molecule has 0 radical (unpaired) electrons. The van der Waals surface area contributed by atoms with Gasteiger partial charge in [0.25, 0.3) is 0 Å². The second kappa shape index (κ2) is 8.03. The van der Waals surface area contributed by atoms with Gasteiger partial charge in [0.15, 0.2) is 6.17 Å². The van der Waals surface area contributed by atoms with Crippen LogP contribution in [0.25, 0.3) is 16.5 Å². The Labute approximate surface area is 196 Å². The lowest BCUT2D eigenvalue weighted by atomic mass is 9.99. The minimum atomic E-state index is -0.388. The van der Waals surface area contributed by atoms with Crippen molar-refractivity contribution in [2.45, 2.75) is 19.1 Å². The summed E-state index contributed by atoms with van der Waals surface area (Å²) in [6.07, 6.45) is 6.06. The van der Waals surface area contributed by atoms with Crippen LogP contribution in [0.4, 0.5) is 16.4 Å². The maximum atomic E-state index is 11.5. The number of hydrogen-bond donors (Lipinski definition) is 2. The number of anilines is 2. The Morgan fingerprint density at radius 1 is 1.21 bits per heavy atom. The highest BCUT2D eigenvalue weighted by atomic mass is 16.5. The Kier molecular flexibility index (Phi) is 4.84. The molecule has 0 fully saturated rings. The first-order valence-corrected chi connectivity index (χ1v) is 11.1. The minimum absolute atomic E-state index is 0.360. The first-order chi connectivity index (χ1) is 16.6. The normalized spacial score (nSPS) is 19.2. The summed E-state index contributed by atoms with van der Waals surface area (Å²) in [5.74, 6) is 1.27. The van der Waals surface area contributed by atoms with Crippen LogP contribution in [0, 0.1) is 0 Å². The quantitative estimate of drug-likeness (QED) is 0.628. The summed E-state index contributed by atoms with van der Waals surface area (Å²) in [6.45, 7) is 1.95. The number of nitrogens with one attached hydrogen (secondary N) is 2. The smallest absolute Gasteiger partial charge is 0.343 e. The SMILES string of the molecule is COc1cc2c(cc1Nc1ncc3ccc(C4=CC5=NC(=O)NC5N=C4)cc3n1)CN(C)CC2. The molecule has 1 atom stereocenters. The van der Waals surface area contributed by atoms with Crippen LogP contribution in [0.3, 0.4) is 0 Å². The van der Waals surface area contributed by atoms with Crippen molar-refractivity contribution in [1.82, 2.24) is 20.2 Å². The molecule has 9 heteroatoms. The van der Waals surface area contributed by atoms with E-state index in [4.69, 9.17) is 9.72 Å². The number of allylic oxidation sites excluding steroid dienone is 1. The van der Waals surface area contributed by atoms with Gasteiger partial charge in [0.2, 0.25) is 5.95 Å². The maximum Gasteiger partial charge on any atom is 0.343 e.